The van der Waals surface area contributed by atoms with Gasteiger partial charge in [-0.15, -0.1) is 0 Å². The molecule has 2 aromatic rings. The lowest BCUT2D eigenvalue weighted by atomic mass is 9.91. The fourth-order valence-electron chi connectivity index (χ4n) is 2.33. The van der Waals surface area contributed by atoms with E-state index in [4.69, 9.17) is 0 Å². The van der Waals surface area contributed by atoms with Gasteiger partial charge in [-0.1, -0.05) is 60.7 Å². The summed E-state index contributed by atoms with van der Waals surface area (Å²) >= 11 is 0. The van der Waals surface area contributed by atoms with Gasteiger partial charge in [0.25, 0.3) is 0 Å². The molecule has 2 rings (SSSR count). The Labute approximate surface area is 120 Å². The van der Waals surface area contributed by atoms with Crippen molar-refractivity contribution in [3.05, 3.63) is 71.8 Å². The van der Waals surface area contributed by atoms with Crippen molar-refractivity contribution in [1.29, 1.82) is 0 Å². The number of aliphatic hydroxyl groups is 1. The van der Waals surface area contributed by atoms with Gasteiger partial charge < -0.3 is 9.90 Å². The Balaban J connectivity index is 1.89. The number of rotatable bonds is 7. The lowest BCUT2D eigenvalue weighted by Gasteiger charge is -2.17. The molecular formula is C18H20O2. The van der Waals surface area contributed by atoms with Crippen LogP contribution >= 0.6 is 0 Å². The van der Waals surface area contributed by atoms with Crippen LogP contribution in [-0.2, 0) is 17.6 Å². The minimum absolute atomic E-state index is 0.332. The molecule has 0 spiro atoms. The quantitative estimate of drug-likeness (QED) is 0.784. The second-order valence-electron chi connectivity index (χ2n) is 5.08. The van der Waals surface area contributed by atoms with Gasteiger partial charge in [-0.25, -0.2) is 0 Å². The summed E-state index contributed by atoms with van der Waals surface area (Å²) in [5.74, 6) is -0.332. The van der Waals surface area contributed by atoms with Crippen LogP contribution in [0.25, 0.3) is 0 Å². The van der Waals surface area contributed by atoms with Crippen molar-refractivity contribution in [3.8, 4) is 0 Å². The zero-order valence-corrected chi connectivity index (χ0v) is 11.5. The first-order chi connectivity index (χ1) is 9.79. The highest BCUT2D eigenvalue weighted by atomic mass is 16.3. The molecule has 0 aliphatic rings. The zero-order chi connectivity index (χ0) is 14.2. The van der Waals surface area contributed by atoms with Gasteiger partial charge in [0.1, 0.15) is 6.29 Å². The van der Waals surface area contributed by atoms with Gasteiger partial charge in [0.05, 0.1) is 6.10 Å². The molecule has 0 bridgehead atoms. The van der Waals surface area contributed by atoms with Crippen molar-refractivity contribution in [2.75, 3.05) is 0 Å². The molecule has 0 heterocycles. The third-order valence-corrected chi connectivity index (χ3v) is 3.55. The van der Waals surface area contributed by atoms with Crippen LogP contribution < -0.4 is 0 Å². The minimum Gasteiger partial charge on any atom is -0.392 e. The smallest absolute Gasteiger partial charge is 0.125 e. The molecule has 1 N–H and O–H groups in total. The van der Waals surface area contributed by atoms with Crippen molar-refractivity contribution in [3.63, 3.8) is 0 Å². The summed E-state index contributed by atoms with van der Waals surface area (Å²) in [7, 11) is 0. The molecule has 2 nitrogen and oxygen atoms in total. The Morgan fingerprint density at radius 1 is 0.900 bits per heavy atom. The van der Waals surface area contributed by atoms with Crippen molar-refractivity contribution in [1.82, 2.24) is 0 Å². The van der Waals surface area contributed by atoms with E-state index in [0.29, 0.717) is 12.8 Å². The van der Waals surface area contributed by atoms with Gasteiger partial charge in [0, 0.05) is 5.92 Å². The summed E-state index contributed by atoms with van der Waals surface area (Å²) in [6.45, 7) is 0. The fraction of sp³-hybridized carbons (Fsp3) is 0.278. The number of benzene rings is 2. The van der Waals surface area contributed by atoms with Crippen molar-refractivity contribution in [2.24, 2.45) is 5.92 Å². The van der Waals surface area contributed by atoms with Crippen molar-refractivity contribution in [2.45, 2.75) is 25.4 Å². The molecule has 0 saturated carbocycles. The van der Waals surface area contributed by atoms with Crippen LogP contribution in [0.4, 0.5) is 0 Å². The lowest BCUT2D eigenvalue weighted by Crippen LogP contribution is -2.24. The maximum Gasteiger partial charge on any atom is 0.125 e. The number of aryl methyl sites for hydroxylation is 1. The fourth-order valence-corrected chi connectivity index (χ4v) is 2.33. The van der Waals surface area contributed by atoms with Crippen LogP contribution in [0.15, 0.2) is 60.7 Å². The monoisotopic (exact) mass is 268 g/mol. The van der Waals surface area contributed by atoms with E-state index >= 15 is 0 Å². The summed E-state index contributed by atoms with van der Waals surface area (Å²) in [4.78, 5) is 11.2. The highest BCUT2D eigenvalue weighted by molar-refractivity contribution is 5.55. The molecule has 0 aliphatic heterocycles. The molecule has 2 atom stereocenters. The summed E-state index contributed by atoms with van der Waals surface area (Å²) < 4.78 is 0. The predicted octanol–water partition coefficient (Wildman–Crippen LogP) is 3.04. The van der Waals surface area contributed by atoms with Gasteiger partial charge in [-0.05, 0) is 30.4 Å². The van der Waals surface area contributed by atoms with Crippen LogP contribution in [0.2, 0.25) is 0 Å². The zero-order valence-electron chi connectivity index (χ0n) is 11.5. The minimum atomic E-state index is -0.590. The number of aliphatic hydroxyl groups excluding tert-OH is 1. The van der Waals surface area contributed by atoms with E-state index in [1.165, 1.54) is 5.56 Å². The standard InChI is InChI=1S/C18H20O2/c19-14-17(13-16-9-5-2-6-10-16)18(20)12-11-15-7-3-1-4-8-15/h1-10,14,17-18,20H,11-13H2. The Bertz CT molecular complexity index is 507. The van der Waals surface area contributed by atoms with Gasteiger partial charge in [0.15, 0.2) is 0 Å². The summed E-state index contributed by atoms with van der Waals surface area (Å²) in [5.41, 5.74) is 2.28. The van der Waals surface area contributed by atoms with Gasteiger partial charge in [0.2, 0.25) is 0 Å². The SMILES string of the molecule is O=CC(Cc1ccccc1)C(O)CCc1ccccc1. The molecule has 0 amide bonds. The Kier molecular flexibility index (Phi) is 5.51. The summed E-state index contributed by atoms with van der Waals surface area (Å²) in [5, 5.41) is 10.2. The number of hydrogen-bond acceptors (Lipinski definition) is 2. The lowest BCUT2D eigenvalue weighted by molar-refractivity contribution is -0.114. The first-order valence-corrected chi connectivity index (χ1v) is 7.01. The van der Waals surface area contributed by atoms with E-state index in [9.17, 15) is 9.90 Å². The Hall–Kier alpha value is -1.93. The molecule has 0 aromatic heterocycles. The first kappa shape index (κ1) is 14.5. The number of aldehydes is 1. The topological polar surface area (TPSA) is 37.3 Å². The second-order valence-corrected chi connectivity index (χ2v) is 5.08. The first-order valence-electron chi connectivity index (χ1n) is 7.01. The highest BCUT2D eigenvalue weighted by Gasteiger charge is 2.18. The highest BCUT2D eigenvalue weighted by Crippen LogP contribution is 2.15. The van der Waals surface area contributed by atoms with E-state index in [1.807, 2.05) is 60.7 Å². The Morgan fingerprint density at radius 3 is 2.00 bits per heavy atom. The second kappa shape index (κ2) is 7.61. The summed E-state index contributed by atoms with van der Waals surface area (Å²) in [6, 6.07) is 19.9. The average Bonchev–Trinajstić information content (AvgIpc) is 2.52. The van der Waals surface area contributed by atoms with E-state index in [-0.39, 0.29) is 5.92 Å². The van der Waals surface area contributed by atoms with Crippen LogP contribution in [0, 0.1) is 5.92 Å². The molecule has 2 unspecified atom stereocenters. The maximum atomic E-state index is 11.2. The van der Waals surface area contributed by atoms with Gasteiger partial charge >= 0.3 is 0 Å². The maximum absolute atomic E-state index is 11.2. The Morgan fingerprint density at radius 2 is 1.45 bits per heavy atom. The number of hydrogen-bond donors (Lipinski definition) is 1. The molecular weight excluding hydrogens is 248 g/mol. The summed E-state index contributed by atoms with van der Waals surface area (Å²) in [6.07, 6.45) is 2.29. The van der Waals surface area contributed by atoms with E-state index < -0.39 is 6.10 Å². The van der Waals surface area contributed by atoms with E-state index in [0.717, 1.165) is 18.3 Å². The molecule has 0 fully saturated rings. The molecule has 0 radical (unpaired) electrons. The van der Waals surface area contributed by atoms with Crippen LogP contribution in [0.1, 0.15) is 17.5 Å². The molecule has 2 heteroatoms. The van der Waals surface area contributed by atoms with E-state index in [2.05, 4.69) is 0 Å². The normalized spacial score (nSPS) is 13.7. The van der Waals surface area contributed by atoms with Crippen LogP contribution in [-0.4, -0.2) is 17.5 Å². The third-order valence-electron chi connectivity index (χ3n) is 3.55. The largest absolute Gasteiger partial charge is 0.392 e. The van der Waals surface area contributed by atoms with E-state index in [1.54, 1.807) is 0 Å². The van der Waals surface area contributed by atoms with Crippen molar-refractivity contribution < 1.29 is 9.90 Å². The van der Waals surface area contributed by atoms with Crippen molar-refractivity contribution >= 4 is 6.29 Å². The van der Waals surface area contributed by atoms with Crippen LogP contribution in [0.5, 0.6) is 0 Å². The van der Waals surface area contributed by atoms with Crippen LogP contribution in [0.3, 0.4) is 0 Å². The average molecular weight is 268 g/mol. The molecule has 20 heavy (non-hydrogen) atoms. The molecule has 2 aromatic carbocycles. The van der Waals surface area contributed by atoms with Gasteiger partial charge in [-0.3, -0.25) is 0 Å². The predicted molar refractivity (Wildman–Crippen MR) is 80.5 cm³/mol. The third kappa shape index (κ3) is 4.32. The molecule has 0 saturated heterocycles. The number of carbonyl (C=O) groups is 1. The molecule has 0 aliphatic carbocycles. The molecule has 104 valence electrons. The van der Waals surface area contributed by atoms with Gasteiger partial charge in [-0.2, -0.15) is 0 Å². The number of carbonyl (C=O) groups excluding carboxylic acids is 1.